The van der Waals surface area contributed by atoms with Gasteiger partial charge < -0.3 is 24.4 Å². The van der Waals surface area contributed by atoms with Crippen LogP contribution in [0.1, 0.15) is 60.1 Å². The van der Waals surface area contributed by atoms with Gasteiger partial charge in [-0.1, -0.05) is 0 Å². The minimum absolute atomic E-state index is 0.0521. The summed E-state index contributed by atoms with van der Waals surface area (Å²) in [5, 5.41) is 12.1. The van der Waals surface area contributed by atoms with Crippen molar-refractivity contribution in [2.45, 2.75) is 70.9 Å². The number of ether oxygens (including phenoxy) is 2. The molecule has 0 saturated carbocycles. The molecule has 1 unspecified atom stereocenters. The zero-order valence-corrected chi connectivity index (χ0v) is 19.0. The largest absolute Gasteiger partial charge is 0.598 e. The van der Waals surface area contributed by atoms with Crippen LogP contribution in [0.3, 0.4) is 0 Å². The molecule has 3 N–H and O–H groups in total. The first-order chi connectivity index (χ1) is 13.2. The second kappa shape index (κ2) is 10.5. The van der Waals surface area contributed by atoms with Gasteiger partial charge in [0.15, 0.2) is 0 Å². The van der Waals surface area contributed by atoms with Crippen molar-refractivity contribution in [1.82, 2.24) is 10.0 Å². The van der Waals surface area contributed by atoms with E-state index in [4.69, 9.17) is 9.47 Å². The van der Waals surface area contributed by atoms with Crippen LogP contribution in [0.5, 0.6) is 5.75 Å². The number of nitrogens with one attached hydrogen (secondary N) is 2. The van der Waals surface area contributed by atoms with Crippen LogP contribution in [-0.4, -0.2) is 45.4 Å². The van der Waals surface area contributed by atoms with Crippen molar-refractivity contribution >= 4 is 17.5 Å². The predicted molar refractivity (Wildman–Crippen MR) is 112 cm³/mol. The van der Waals surface area contributed by atoms with Gasteiger partial charge in [0.1, 0.15) is 28.5 Å². The first-order valence-corrected chi connectivity index (χ1v) is 10.6. The molecule has 1 aromatic rings. The molecule has 3 atom stereocenters. The highest BCUT2D eigenvalue weighted by Crippen LogP contribution is 2.28. The maximum absolute atomic E-state index is 13.8. The summed E-state index contributed by atoms with van der Waals surface area (Å²) in [6.07, 6.45) is -0.671. The maximum Gasteiger partial charge on any atom is 0.408 e. The Balaban J connectivity index is 2.84. The average Bonchev–Trinajstić information content (AvgIpc) is 2.56. The number of carbonyl (C=O) groups excluding carboxylic acids is 1. The van der Waals surface area contributed by atoms with Crippen molar-refractivity contribution in [1.29, 1.82) is 0 Å². The van der Waals surface area contributed by atoms with E-state index >= 15 is 0 Å². The maximum atomic E-state index is 13.8. The highest BCUT2D eigenvalue weighted by Gasteiger charge is 2.29. The Morgan fingerprint density at radius 3 is 2.41 bits per heavy atom. The Kier molecular flexibility index (Phi) is 9.20. The van der Waals surface area contributed by atoms with Crippen LogP contribution in [0.25, 0.3) is 0 Å². The summed E-state index contributed by atoms with van der Waals surface area (Å²) in [5.74, 6) is -0.0881. The lowest BCUT2D eigenvalue weighted by atomic mass is 10.1. The van der Waals surface area contributed by atoms with Crippen LogP contribution in [-0.2, 0) is 16.1 Å². The number of hydrogen-bond donors (Lipinski definition) is 3. The Labute approximate surface area is 175 Å². The van der Waals surface area contributed by atoms with Crippen molar-refractivity contribution in [3.05, 3.63) is 29.6 Å². The van der Waals surface area contributed by atoms with Gasteiger partial charge in [-0.25, -0.2) is 9.18 Å². The molecule has 0 bridgehead atoms. The first-order valence-electron chi connectivity index (χ1n) is 9.43. The van der Waals surface area contributed by atoms with Crippen LogP contribution in [0.4, 0.5) is 9.18 Å². The number of alkyl carbamates (subject to hydrolysis) is 1. The van der Waals surface area contributed by atoms with Crippen molar-refractivity contribution in [3.8, 4) is 5.75 Å². The van der Waals surface area contributed by atoms with Gasteiger partial charge in [0.05, 0.1) is 18.7 Å². The summed E-state index contributed by atoms with van der Waals surface area (Å²) < 4.78 is 39.5. The number of rotatable bonds is 8. The average molecular weight is 433 g/mol. The third-order valence-electron chi connectivity index (χ3n) is 3.66. The molecule has 0 spiro atoms. The molecule has 1 aromatic carbocycles. The van der Waals surface area contributed by atoms with Gasteiger partial charge in [-0.2, -0.15) is 0 Å². The van der Waals surface area contributed by atoms with Gasteiger partial charge in [-0.15, -0.1) is 4.72 Å². The van der Waals surface area contributed by atoms with Crippen LogP contribution in [0, 0.1) is 5.82 Å². The number of aliphatic hydroxyl groups is 1. The second-order valence-corrected chi connectivity index (χ2v) is 10.7. The molecule has 0 radical (unpaired) electrons. The molecule has 9 heteroatoms. The fraction of sp³-hybridized carbons (Fsp3) is 0.650. The Morgan fingerprint density at radius 2 is 1.90 bits per heavy atom. The zero-order chi connectivity index (χ0) is 22.4. The lowest BCUT2D eigenvalue weighted by Crippen LogP contribution is -2.44. The van der Waals surface area contributed by atoms with Crippen LogP contribution >= 0.6 is 0 Å². The third-order valence-corrected chi connectivity index (χ3v) is 5.34. The predicted octanol–water partition coefficient (Wildman–Crippen LogP) is 3.20. The Bertz CT molecular complexity index is 676. The van der Waals surface area contributed by atoms with Gasteiger partial charge >= 0.3 is 6.09 Å². The normalized spacial score (nSPS) is 15.4. The van der Waals surface area contributed by atoms with E-state index in [0.717, 1.165) is 0 Å². The molecule has 1 amide bonds. The minimum Gasteiger partial charge on any atom is -0.598 e. The highest BCUT2D eigenvalue weighted by molar-refractivity contribution is 7.90. The smallest absolute Gasteiger partial charge is 0.408 e. The molecule has 7 nitrogen and oxygen atoms in total. The lowest BCUT2D eigenvalue weighted by molar-refractivity contribution is 0.0458. The Morgan fingerprint density at radius 1 is 1.28 bits per heavy atom. The van der Waals surface area contributed by atoms with Gasteiger partial charge in [0.2, 0.25) is 0 Å². The van der Waals surface area contributed by atoms with E-state index in [9.17, 15) is 18.8 Å². The first kappa shape index (κ1) is 25.5. The van der Waals surface area contributed by atoms with Crippen LogP contribution < -0.4 is 14.8 Å². The molecule has 0 fully saturated rings. The Hall–Kier alpha value is -1.55. The standard InChI is InChI=1S/C20H33FN2O5S/c1-13(23-29(26)20(5,6)7)16-10-14(21)8-9-17(16)27-12-15(11-24)22-18(25)28-19(2,3)4/h8-10,13,15,23-24H,11-12H2,1-7H3,(H,22,25)/t13-,15?,29-/m1/s1. The summed E-state index contributed by atoms with van der Waals surface area (Å²) in [6.45, 7) is 12.0. The SMILES string of the molecule is C[C@@H](N[S@+]([O-])C(C)(C)C)c1cc(F)ccc1OCC(CO)NC(=O)OC(C)(C)C. The molecule has 0 aliphatic heterocycles. The van der Waals surface area contributed by atoms with Crippen LogP contribution in [0.2, 0.25) is 0 Å². The van der Waals surface area contributed by atoms with E-state index in [0.29, 0.717) is 11.3 Å². The molecule has 0 aromatic heterocycles. The van der Waals surface area contributed by atoms with Gasteiger partial charge in [0.25, 0.3) is 0 Å². The van der Waals surface area contributed by atoms with E-state index in [1.807, 2.05) is 20.8 Å². The van der Waals surface area contributed by atoms with E-state index in [1.165, 1.54) is 18.2 Å². The number of halogens is 1. The fourth-order valence-electron chi connectivity index (χ4n) is 2.19. The molecule has 0 aliphatic carbocycles. The van der Waals surface area contributed by atoms with E-state index in [1.54, 1.807) is 27.7 Å². The van der Waals surface area contributed by atoms with Gasteiger partial charge in [0, 0.05) is 16.9 Å². The number of benzene rings is 1. The third kappa shape index (κ3) is 9.20. The molecule has 0 heterocycles. The number of carbonyl (C=O) groups is 1. The summed E-state index contributed by atoms with van der Waals surface area (Å²) >= 11 is -1.36. The monoisotopic (exact) mass is 432 g/mol. The quantitative estimate of drug-likeness (QED) is 0.545. The summed E-state index contributed by atoms with van der Waals surface area (Å²) in [7, 11) is 0. The second-order valence-electron chi connectivity index (χ2n) is 8.74. The summed E-state index contributed by atoms with van der Waals surface area (Å²) in [5.41, 5.74) is -0.185. The van der Waals surface area contributed by atoms with Crippen LogP contribution in [0.15, 0.2) is 18.2 Å². The fourth-order valence-corrected chi connectivity index (χ4v) is 3.00. The van der Waals surface area contributed by atoms with Crippen molar-refractivity contribution in [3.63, 3.8) is 0 Å². The molecule has 1 rings (SSSR count). The number of hydrogen-bond acceptors (Lipinski definition) is 6. The zero-order valence-electron chi connectivity index (χ0n) is 18.2. The van der Waals surface area contributed by atoms with Gasteiger partial charge in [-0.3, -0.25) is 0 Å². The number of aliphatic hydroxyl groups excluding tert-OH is 1. The van der Waals surface area contributed by atoms with E-state index < -0.39 is 45.7 Å². The molecule has 29 heavy (non-hydrogen) atoms. The minimum atomic E-state index is -1.36. The van der Waals surface area contributed by atoms with Crippen molar-refractivity contribution in [2.75, 3.05) is 13.2 Å². The molecular weight excluding hydrogens is 399 g/mol. The van der Waals surface area contributed by atoms with E-state index in [-0.39, 0.29) is 13.2 Å². The van der Waals surface area contributed by atoms with E-state index in [2.05, 4.69) is 10.0 Å². The van der Waals surface area contributed by atoms with Crippen molar-refractivity contribution in [2.24, 2.45) is 0 Å². The molecule has 166 valence electrons. The van der Waals surface area contributed by atoms with Gasteiger partial charge in [-0.05, 0) is 66.7 Å². The highest BCUT2D eigenvalue weighted by atomic mass is 32.2. The topological polar surface area (TPSA) is 103 Å². The van der Waals surface area contributed by atoms with Crippen molar-refractivity contribution < 1.29 is 28.3 Å². The number of amides is 1. The molecule has 0 aliphatic rings. The lowest BCUT2D eigenvalue weighted by Gasteiger charge is -2.27. The summed E-state index contributed by atoms with van der Waals surface area (Å²) in [6, 6.07) is 2.86. The molecule has 0 saturated heterocycles. The molecular formula is C20H33FN2O5S. The summed E-state index contributed by atoms with van der Waals surface area (Å²) in [4.78, 5) is 11.9.